The quantitative estimate of drug-likeness (QED) is 0.619. The molecule has 3 N–H and O–H groups in total. The van der Waals surface area contributed by atoms with E-state index in [2.05, 4.69) is 10.2 Å². The van der Waals surface area contributed by atoms with E-state index in [4.69, 9.17) is 10.5 Å². The Bertz CT molecular complexity index is 564. The van der Waals surface area contributed by atoms with E-state index in [0.29, 0.717) is 16.9 Å². The molecule has 7 nitrogen and oxygen atoms in total. The number of benzene rings is 1. The maximum absolute atomic E-state index is 11.1. The van der Waals surface area contributed by atoms with Gasteiger partial charge >= 0.3 is 5.69 Å². The van der Waals surface area contributed by atoms with Crippen LogP contribution < -0.4 is 10.5 Å². The van der Waals surface area contributed by atoms with Crippen molar-refractivity contribution in [3.63, 3.8) is 0 Å². The molecule has 88 valence electrons. The second kappa shape index (κ2) is 4.12. The fourth-order valence-corrected chi connectivity index (χ4v) is 1.59. The van der Waals surface area contributed by atoms with Crippen molar-refractivity contribution in [2.24, 2.45) is 0 Å². The molecular formula is C10H10N4O3. The van der Waals surface area contributed by atoms with Crippen molar-refractivity contribution in [3.8, 4) is 17.0 Å². The molecule has 0 atom stereocenters. The molecule has 0 spiro atoms. The SMILES string of the molecule is COc1cccc(-c2[nH]ncc2N)c1[N+](=O)[O-]. The molecule has 0 saturated carbocycles. The van der Waals surface area contributed by atoms with Gasteiger partial charge in [0, 0.05) is 0 Å². The Kier molecular flexibility index (Phi) is 2.65. The number of hydrogen-bond acceptors (Lipinski definition) is 5. The molecule has 7 heteroatoms. The van der Waals surface area contributed by atoms with Gasteiger partial charge in [0.1, 0.15) is 0 Å². The molecule has 2 aromatic rings. The van der Waals surface area contributed by atoms with E-state index in [1.165, 1.54) is 19.4 Å². The highest BCUT2D eigenvalue weighted by molar-refractivity contribution is 5.81. The average Bonchev–Trinajstić information content (AvgIpc) is 2.74. The molecule has 1 aromatic heterocycles. The molecule has 2 rings (SSSR count). The molecule has 0 aliphatic rings. The minimum Gasteiger partial charge on any atom is -0.490 e. The summed E-state index contributed by atoms with van der Waals surface area (Å²) in [6, 6.07) is 4.76. The third-order valence-corrected chi connectivity index (χ3v) is 2.34. The van der Waals surface area contributed by atoms with Gasteiger partial charge in [-0.3, -0.25) is 15.2 Å². The van der Waals surface area contributed by atoms with Crippen LogP contribution in [0.3, 0.4) is 0 Å². The molecule has 1 aromatic carbocycles. The zero-order valence-electron chi connectivity index (χ0n) is 9.01. The number of nitrogens with one attached hydrogen (secondary N) is 1. The number of nitrogens with two attached hydrogens (primary N) is 1. The molecule has 0 fully saturated rings. The number of aromatic amines is 1. The first kappa shape index (κ1) is 10.9. The molecule has 0 aliphatic heterocycles. The zero-order chi connectivity index (χ0) is 12.4. The zero-order valence-corrected chi connectivity index (χ0v) is 9.01. The van der Waals surface area contributed by atoms with Crippen LogP contribution in [0.1, 0.15) is 0 Å². The lowest BCUT2D eigenvalue weighted by atomic mass is 10.1. The molecule has 17 heavy (non-hydrogen) atoms. The van der Waals surface area contributed by atoms with Crippen molar-refractivity contribution in [2.45, 2.75) is 0 Å². The Morgan fingerprint density at radius 2 is 2.29 bits per heavy atom. The Balaban J connectivity index is 2.70. The van der Waals surface area contributed by atoms with Gasteiger partial charge in [-0.1, -0.05) is 6.07 Å². The van der Waals surface area contributed by atoms with Gasteiger partial charge in [-0.05, 0) is 12.1 Å². The van der Waals surface area contributed by atoms with Gasteiger partial charge in [0.05, 0.1) is 35.2 Å². The summed E-state index contributed by atoms with van der Waals surface area (Å²) in [6.07, 6.45) is 1.40. The van der Waals surface area contributed by atoms with Crippen LogP contribution in [0.4, 0.5) is 11.4 Å². The smallest absolute Gasteiger partial charge is 0.320 e. The summed E-state index contributed by atoms with van der Waals surface area (Å²) >= 11 is 0. The van der Waals surface area contributed by atoms with Crippen molar-refractivity contribution in [2.75, 3.05) is 12.8 Å². The largest absolute Gasteiger partial charge is 0.490 e. The van der Waals surface area contributed by atoms with Gasteiger partial charge < -0.3 is 10.5 Å². The number of aromatic nitrogens is 2. The highest BCUT2D eigenvalue weighted by Gasteiger charge is 2.23. The summed E-state index contributed by atoms with van der Waals surface area (Å²) in [5.41, 5.74) is 6.65. The Morgan fingerprint density at radius 1 is 1.53 bits per heavy atom. The van der Waals surface area contributed by atoms with E-state index in [0.717, 1.165) is 0 Å². The number of para-hydroxylation sites is 1. The molecule has 0 unspecified atom stereocenters. The summed E-state index contributed by atoms with van der Waals surface area (Å²) in [5.74, 6) is 0.182. The topological polar surface area (TPSA) is 107 Å². The molecule has 0 aliphatic carbocycles. The first-order chi connectivity index (χ1) is 8.15. The lowest BCUT2D eigenvalue weighted by Gasteiger charge is -2.05. The van der Waals surface area contributed by atoms with Crippen molar-refractivity contribution < 1.29 is 9.66 Å². The van der Waals surface area contributed by atoms with E-state index < -0.39 is 4.92 Å². The van der Waals surface area contributed by atoms with E-state index in [1.54, 1.807) is 12.1 Å². The van der Waals surface area contributed by atoms with Crippen LogP contribution in [0, 0.1) is 10.1 Å². The van der Waals surface area contributed by atoms with Gasteiger partial charge in [-0.25, -0.2) is 0 Å². The number of nitro benzene ring substituents is 1. The second-order valence-electron chi connectivity index (χ2n) is 3.31. The minimum atomic E-state index is -0.506. The van der Waals surface area contributed by atoms with Crippen molar-refractivity contribution in [1.29, 1.82) is 0 Å². The van der Waals surface area contributed by atoms with Gasteiger partial charge in [0.2, 0.25) is 0 Å². The van der Waals surface area contributed by atoms with Crippen molar-refractivity contribution in [3.05, 3.63) is 34.5 Å². The second-order valence-corrected chi connectivity index (χ2v) is 3.31. The van der Waals surface area contributed by atoms with Crippen LogP contribution in [-0.2, 0) is 0 Å². The van der Waals surface area contributed by atoms with Crippen LogP contribution in [0.25, 0.3) is 11.3 Å². The summed E-state index contributed by atoms with van der Waals surface area (Å²) < 4.78 is 4.97. The number of hydrogen-bond donors (Lipinski definition) is 2. The Morgan fingerprint density at radius 3 is 2.82 bits per heavy atom. The summed E-state index contributed by atoms with van der Waals surface area (Å²) in [4.78, 5) is 10.6. The molecule has 0 amide bonds. The molecular weight excluding hydrogens is 224 g/mol. The van der Waals surface area contributed by atoms with E-state index in [9.17, 15) is 10.1 Å². The number of rotatable bonds is 3. The van der Waals surface area contributed by atoms with E-state index in [1.807, 2.05) is 0 Å². The summed E-state index contributed by atoms with van der Waals surface area (Å²) in [5, 5.41) is 17.4. The summed E-state index contributed by atoms with van der Waals surface area (Å²) in [6.45, 7) is 0. The first-order valence-electron chi connectivity index (χ1n) is 4.75. The number of ether oxygens (including phenoxy) is 1. The fourth-order valence-electron chi connectivity index (χ4n) is 1.59. The van der Waals surface area contributed by atoms with Crippen LogP contribution in [0.5, 0.6) is 5.75 Å². The summed E-state index contributed by atoms with van der Waals surface area (Å²) in [7, 11) is 1.38. The third kappa shape index (κ3) is 1.78. The monoisotopic (exact) mass is 234 g/mol. The molecule has 1 heterocycles. The van der Waals surface area contributed by atoms with E-state index in [-0.39, 0.29) is 11.4 Å². The van der Waals surface area contributed by atoms with Gasteiger partial charge in [0.25, 0.3) is 0 Å². The highest BCUT2D eigenvalue weighted by atomic mass is 16.6. The number of nitrogens with zero attached hydrogens (tertiary/aromatic N) is 2. The Hall–Kier alpha value is -2.57. The lowest BCUT2D eigenvalue weighted by molar-refractivity contribution is -0.385. The molecule has 0 saturated heterocycles. The Labute approximate surface area is 96.4 Å². The first-order valence-corrected chi connectivity index (χ1v) is 4.75. The number of methoxy groups -OCH3 is 1. The fraction of sp³-hybridized carbons (Fsp3) is 0.100. The van der Waals surface area contributed by atoms with E-state index >= 15 is 0 Å². The van der Waals surface area contributed by atoms with Crippen molar-refractivity contribution >= 4 is 11.4 Å². The molecule has 0 radical (unpaired) electrons. The minimum absolute atomic E-state index is 0.133. The van der Waals surface area contributed by atoms with Crippen LogP contribution in [0.15, 0.2) is 24.4 Å². The predicted molar refractivity (Wildman–Crippen MR) is 61.6 cm³/mol. The number of nitrogen functional groups attached to an aromatic ring is 1. The maximum Gasteiger partial charge on any atom is 0.320 e. The average molecular weight is 234 g/mol. The van der Waals surface area contributed by atoms with Crippen molar-refractivity contribution in [1.82, 2.24) is 10.2 Å². The molecule has 0 bridgehead atoms. The normalized spacial score (nSPS) is 10.2. The standard InChI is InChI=1S/C10H10N4O3/c1-17-8-4-2-3-6(10(8)14(15)16)9-7(11)5-12-13-9/h2-5H,11H2,1H3,(H,12,13). The van der Waals surface area contributed by atoms with Crippen LogP contribution in [0.2, 0.25) is 0 Å². The van der Waals surface area contributed by atoms with Gasteiger partial charge in [-0.15, -0.1) is 0 Å². The number of H-pyrrole nitrogens is 1. The van der Waals surface area contributed by atoms with Gasteiger partial charge in [-0.2, -0.15) is 5.10 Å². The maximum atomic E-state index is 11.1. The predicted octanol–water partition coefficient (Wildman–Crippen LogP) is 1.58. The number of nitro groups is 1. The highest BCUT2D eigenvalue weighted by Crippen LogP contribution is 2.38. The van der Waals surface area contributed by atoms with Gasteiger partial charge in [0.15, 0.2) is 5.75 Å². The third-order valence-electron chi connectivity index (χ3n) is 2.34. The number of anilines is 1. The van der Waals surface area contributed by atoms with Crippen LogP contribution >= 0.6 is 0 Å². The lowest BCUT2D eigenvalue weighted by Crippen LogP contribution is -1.97. The van der Waals surface area contributed by atoms with Crippen LogP contribution in [-0.4, -0.2) is 22.2 Å².